The third-order valence-corrected chi connectivity index (χ3v) is 4.81. The molecule has 1 aliphatic rings. The van der Waals surface area contributed by atoms with Crippen LogP contribution in [0.2, 0.25) is 0 Å². The maximum absolute atomic E-state index is 12.2. The highest BCUT2D eigenvalue weighted by molar-refractivity contribution is 5.90. The Labute approximate surface area is 164 Å². The third-order valence-electron chi connectivity index (χ3n) is 4.81. The summed E-state index contributed by atoms with van der Waals surface area (Å²) in [6, 6.07) is 3.91. The Morgan fingerprint density at radius 1 is 1.28 bits per heavy atom. The number of piperidine rings is 1. The zero-order chi connectivity index (χ0) is 16.7. The van der Waals surface area contributed by atoms with Gasteiger partial charge in [-0.05, 0) is 63.7 Å². The molecule has 1 amide bonds. The first-order chi connectivity index (χ1) is 11.1. The Morgan fingerprint density at radius 3 is 2.44 bits per heavy atom. The maximum atomic E-state index is 12.2. The summed E-state index contributed by atoms with van der Waals surface area (Å²) in [5.74, 6) is 2.13. The van der Waals surface area contributed by atoms with Crippen molar-refractivity contribution in [2.75, 3.05) is 36.4 Å². The fourth-order valence-electron chi connectivity index (χ4n) is 3.28. The van der Waals surface area contributed by atoms with Crippen LogP contribution in [0.5, 0.6) is 0 Å². The van der Waals surface area contributed by atoms with Gasteiger partial charge in [-0.25, -0.2) is 4.98 Å². The second-order valence-corrected chi connectivity index (χ2v) is 6.39. The van der Waals surface area contributed by atoms with Gasteiger partial charge in [0.25, 0.3) is 0 Å². The fraction of sp³-hybridized carbons (Fsp3) is 0.667. The minimum absolute atomic E-state index is 0. The zero-order valence-corrected chi connectivity index (χ0v) is 17.1. The van der Waals surface area contributed by atoms with E-state index in [0.29, 0.717) is 18.3 Å². The normalized spacial score (nSPS) is 15.5. The van der Waals surface area contributed by atoms with Gasteiger partial charge in [0.1, 0.15) is 5.82 Å². The molecule has 1 aromatic rings. The predicted octanol–water partition coefficient (Wildman–Crippen LogP) is 3.74. The number of nitrogens with zero attached hydrogens (tertiary/aromatic N) is 2. The van der Waals surface area contributed by atoms with Gasteiger partial charge in [-0.15, -0.1) is 24.8 Å². The first-order valence-electron chi connectivity index (χ1n) is 8.85. The van der Waals surface area contributed by atoms with Crippen LogP contribution in [0.3, 0.4) is 0 Å². The van der Waals surface area contributed by atoms with E-state index in [4.69, 9.17) is 0 Å². The van der Waals surface area contributed by atoms with Crippen molar-refractivity contribution in [2.24, 2.45) is 11.8 Å². The summed E-state index contributed by atoms with van der Waals surface area (Å²) in [5.41, 5.74) is 0.781. The molecule has 7 heteroatoms. The molecule has 0 radical (unpaired) electrons. The van der Waals surface area contributed by atoms with Gasteiger partial charge in [0.2, 0.25) is 5.91 Å². The van der Waals surface area contributed by atoms with Crippen LogP contribution in [0.15, 0.2) is 18.3 Å². The molecule has 1 aliphatic heterocycles. The Hall–Kier alpha value is -1.04. The summed E-state index contributed by atoms with van der Waals surface area (Å²) < 4.78 is 0. The predicted molar refractivity (Wildman–Crippen MR) is 110 cm³/mol. The lowest BCUT2D eigenvalue weighted by atomic mass is 9.84. The highest BCUT2D eigenvalue weighted by atomic mass is 35.5. The van der Waals surface area contributed by atoms with Crippen molar-refractivity contribution >= 4 is 42.2 Å². The standard InChI is InChI=1S/C18H30N4O.2ClH/c1-4-22(5-2)17-7-6-16(13-20-17)21-18(23)12-14(3)15-8-10-19-11-9-15;;/h6-7,13-15,19H,4-5,8-12H2,1-3H3,(H,21,23);2*1H. The first kappa shape index (κ1) is 24.0. The van der Waals surface area contributed by atoms with Crippen molar-refractivity contribution in [2.45, 2.75) is 40.0 Å². The molecule has 2 rings (SSSR count). The summed E-state index contributed by atoms with van der Waals surface area (Å²) in [6.45, 7) is 10.4. The molecule has 0 saturated carbocycles. The van der Waals surface area contributed by atoms with Gasteiger partial charge in [-0.3, -0.25) is 4.79 Å². The van der Waals surface area contributed by atoms with E-state index in [2.05, 4.69) is 41.3 Å². The molecule has 5 nitrogen and oxygen atoms in total. The second kappa shape index (κ2) is 12.3. The van der Waals surface area contributed by atoms with Crippen LogP contribution in [0.4, 0.5) is 11.5 Å². The number of carbonyl (C=O) groups is 1. The number of carbonyl (C=O) groups excluding carboxylic acids is 1. The summed E-state index contributed by atoms with van der Waals surface area (Å²) in [5, 5.41) is 6.35. The van der Waals surface area contributed by atoms with Crippen LogP contribution in [-0.2, 0) is 4.79 Å². The summed E-state index contributed by atoms with van der Waals surface area (Å²) in [7, 11) is 0. The van der Waals surface area contributed by atoms with E-state index in [1.165, 1.54) is 12.8 Å². The average Bonchev–Trinajstić information content (AvgIpc) is 2.58. The van der Waals surface area contributed by atoms with E-state index in [9.17, 15) is 4.79 Å². The number of aromatic nitrogens is 1. The van der Waals surface area contributed by atoms with E-state index in [0.717, 1.165) is 37.7 Å². The second-order valence-electron chi connectivity index (χ2n) is 6.39. The molecule has 1 atom stereocenters. The molecule has 1 aromatic heterocycles. The van der Waals surface area contributed by atoms with Gasteiger partial charge < -0.3 is 15.5 Å². The number of hydrogen-bond acceptors (Lipinski definition) is 4. The quantitative estimate of drug-likeness (QED) is 0.744. The van der Waals surface area contributed by atoms with Crippen molar-refractivity contribution in [3.8, 4) is 0 Å². The largest absolute Gasteiger partial charge is 0.357 e. The number of halogens is 2. The molecule has 144 valence electrons. The topological polar surface area (TPSA) is 57.3 Å². The van der Waals surface area contributed by atoms with Gasteiger partial charge in [-0.1, -0.05) is 6.92 Å². The van der Waals surface area contributed by atoms with Crippen molar-refractivity contribution in [3.05, 3.63) is 18.3 Å². The number of hydrogen-bond donors (Lipinski definition) is 2. The Morgan fingerprint density at radius 2 is 1.92 bits per heavy atom. The minimum atomic E-state index is 0. The van der Waals surface area contributed by atoms with Crippen LogP contribution in [0.1, 0.15) is 40.0 Å². The Bertz CT molecular complexity index is 488. The van der Waals surface area contributed by atoms with Crippen molar-refractivity contribution in [1.82, 2.24) is 10.3 Å². The van der Waals surface area contributed by atoms with E-state index < -0.39 is 0 Å². The van der Waals surface area contributed by atoms with Gasteiger partial charge in [0.15, 0.2) is 0 Å². The van der Waals surface area contributed by atoms with Gasteiger partial charge in [0, 0.05) is 19.5 Å². The van der Waals surface area contributed by atoms with Crippen molar-refractivity contribution < 1.29 is 4.79 Å². The monoisotopic (exact) mass is 390 g/mol. The first-order valence-corrected chi connectivity index (χ1v) is 8.85. The number of amides is 1. The minimum Gasteiger partial charge on any atom is -0.357 e. The highest BCUT2D eigenvalue weighted by Gasteiger charge is 2.22. The zero-order valence-electron chi connectivity index (χ0n) is 15.5. The van der Waals surface area contributed by atoms with Crippen molar-refractivity contribution in [3.63, 3.8) is 0 Å². The number of anilines is 2. The average molecular weight is 391 g/mol. The molecular formula is C18H32Cl2N4O. The van der Waals surface area contributed by atoms with Crippen LogP contribution < -0.4 is 15.5 Å². The lowest BCUT2D eigenvalue weighted by molar-refractivity contribution is -0.117. The highest BCUT2D eigenvalue weighted by Crippen LogP contribution is 2.24. The molecule has 2 N–H and O–H groups in total. The summed E-state index contributed by atoms with van der Waals surface area (Å²) in [6.07, 6.45) is 4.69. The lowest BCUT2D eigenvalue weighted by Crippen LogP contribution is -2.32. The smallest absolute Gasteiger partial charge is 0.224 e. The molecule has 1 saturated heterocycles. The Balaban J connectivity index is 0.00000288. The van der Waals surface area contributed by atoms with Crippen LogP contribution >= 0.6 is 24.8 Å². The number of nitrogens with one attached hydrogen (secondary N) is 2. The lowest BCUT2D eigenvalue weighted by Gasteiger charge is -2.27. The SMILES string of the molecule is CCN(CC)c1ccc(NC(=O)CC(C)C2CCNCC2)cn1.Cl.Cl. The molecule has 1 fully saturated rings. The maximum Gasteiger partial charge on any atom is 0.224 e. The van der Waals surface area contributed by atoms with Gasteiger partial charge in [-0.2, -0.15) is 0 Å². The summed E-state index contributed by atoms with van der Waals surface area (Å²) >= 11 is 0. The molecule has 2 heterocycles. The van der Waals surface area contributed by atoms with Crippen molar-refractivity contribution in [1.29, 1.82) is 0 Å². The number of rotatable bonds is 7. The van der Waals surface area contributed by atoms with Gasteiger partial charge >= 0.3 is 0 Å². The van der Waals surface area contributed by atoms with Crippen LogP contribution in [0.25, 0.3) is 0 Å². The van der Waals surface area contributed by atoms with E-state index in [1.54, 1.807) is 6.20 Å². The van der Waals surface area contributed by atoms with E-state index >= 15 is 0 Å². The van der Waals surface area contributed by atoms with Crippen LogP contribution in [0, 0.1) is 11.8 Å². The fourth-order valence-corrected chi connectivity index (χ4v) is 3.28. The van der Waals surface area contributed by atoms with Crippen LogP contribution in [-0.4, -0.2) is 37.1 Å². The van der Waals surface area contributed by atoms with E-state index in [-0.39, 0.29) is 30.7 Å². The summed E-state index contributed by atoms with van der Waals surface area (Å²) in [4.78, 5) is 18.9. The Kier molecular flexibility index (Phi) is 11.8. The molecule has 0 aromatic carbocycles. The van der Waals surface area contributed by atoms with Gasteiger partial charge in [0.05, 0.1) is 11.9 Å². The number of pyridine rings is 1. The van der Waals surface area contributed by atoms with E-state index in [1.807, 2.05) is 12.1 Å². The molecular weight excluding hydrogens is 359 g/mol. The molecule has 0 spiro atoms. The third kappa shape index (κ3) is 7.38. The molecule has 25 heavy (non-hydrogen) atoms. The molecule has 0 bridgehead atoms. The molecule has 1 unspecified atom stereocenters. The molecule has 0 aliphatic carbocycles.